The van der Waals surface area contributed by atoms with Gasteiger partial charge in [0, 0.05) is 6.42 Å². The van der Waals surface area contributed by atoms with Gasteiger partial charge in [0.1, 0.15) is 13.2 Å². The predicted octanol–water partition coefficient (Wildman–Crippen LogP) is 12.3. The lowest BCUT2D eigenvalue weighted by Gasteiger charge is -2.29. The second-order valence-corrected chi connectivity index (χ2v) is 18.5. The molecule has 0 heterocycles. The lowest BCUT2D eigenvalue weighted by molar-refractivity contribution is -0.870. The smallest absolute Gasteiger partial charge is 0.268 e. The molecule has 0 aliphatic carbocycles. The number of amides is 1. The summed E-state index contributed by atoms with van der Waals surface area (Å²) in [6, 6.07) is -0.897. The summed E-state index contributed by atoms with van der Waals surface area (Å²) in [5.74, 6) is -0.205. The molecule has 0 bridgehead atoms. The van der Waals surface area contributed by atoms with Crippen molar-refractivity contribution in [1.29, 1.82) is 0 Å². The molecule has 3 atom stereocenters. The number of phosphoric ester groups is 1. The molecule has 0 saturated heterocycles. The van der Waals surface area contributed by atoms with E-state index in [-0.39, 0.29) is 19.1 Å². The molecule has 0 fully saturated rings. The molecule has 0 aliphatic heterocycles. The number of hydrogen-bond acceptors (Lipinski definition) is 6. The Morgan fingerprint density at radius 3 is 1.47 bits per heavy atom. The first-order valence-corrected chi connectivity index (χ1v) is 24.7. The monoisotopic (exact) mass is 799 g/mol. The van der Waals surface area contributed by atoms with E-state index in [1.54, 1.807) is 6.08 Å². The molecule has 0 radical (unpaired) electrons. The largest absolute Gasteiger partial charge is 0.756 e. The fourth-order valence-electron chi connectivity index (χ4n) is 6.70. The Morgan fingerprint density at radius 1 is 0.618 bits per heavy atom. The zero-order valence-electron chi connectivity index (χ0n) is 36.9. The number of nitrogens with one attached hydrogen (secondary N) is 1. The van der Waals surface area contributed by atoms with Crippen molar-refractivity contribution >= 4 is 13.7 Å². The number of carbonyl (C=O) groups excluding carboxylic acids is 1. The summed E-state index contributed by atoms with van der Waals surface area (Å²) in [7, 11) is 1.25. The average molecular weight is 799 g/mol. The first-order valence-electron chi connectivity index (χ1n) is 23.2. The molecule has 1 amide bonds. The van der Waals surface area contributed by atoms with Gasteiger partial charge in [0.15, 0.2) is 0 Å². The van der Waals surface area contributed by atoms with Crippen LogP contribution in [0.5, 0.6) is 0 Å². The van der Waals surface area contributed by atoms with Gasteiger partial charge in [-0.3, -0.25) is 9.36 Å². The Hall–Kier alpha value is -1.02. The molecule has 0 aromatic heterocycles. The summed E-state index contributed by atoms with van der Waals surface area (Å²) in [4.78, 5) is 25.3. The molecule has 0 rings (SSSR count). The minimum Gasteiger partial charge on any atom is -0.756 e. The third-order valence-electron chi connectivity index (χ3n) is 10.4. The van der Waals surface area contributed by atoms with Crippen molar-refractivity contribution in [3.05, 3.63) is 24.3 Å². The van der Waals surface area contributed by atoms with Crippen LogP contribution < -0.4 is 10.2 Å². The number of phosphoric acid groups is 1. The van der Waals surface area contributed by atoms with Crippen LogP contribution in [0.3, 0.4) is 0 Å². The quantitative estimate of drug-likeness (QED) is 0.0276. The zero-order chi connectivity index (χ0) is 40.7. The van der Waals surface area contributed by atoms with E-state index in [4.69, 9.17) is 9.05 Å². The van der Waals surface area contributed by atoms with Crippen LogP contribution in [0.4, 0.5) is 0 Å². The highest BCUT2D eigenvalue weighted by molar-refractivity contribution is 7.45. The highest BCUT2D eigenvalue weighted by Crippen LogP contribution is 2.38. The number of rotatable bonds is 42. The lowest BCUT2D eigenvalue weighted by Crippen LogP contribution is -2.45. The number of nitrogens with zero attached hydrogens (tertiary/aromatic N) is 1. The van der Waals surface area contributed by atoms with Gasteiger partial charge in [-0.05, 0) is 32.1 Å². The number of aliphatic hydroxyl groups excluding tert-OH is 1. The van der Waals surface area contributed by atoms with Crippen molar-refractivity contribution in [2.45, 2.75) is 225 Å². The number of likely N-dealkylation sites (N-methyl/N-ethyl adjacent to an activating group) is 1. The van der Waals surface area contributed by atoms with Gasteiger partial charge in [-0.25, -0.2) is 0 Å². The molecule has 326 valence electrons. The summed E-state index contributed by atoms with van der Waals surface area (Å²) < 4.78 is 23.2. The maximum absolute atomic E-state index is 12.9. The van der Waals surface area contributed by atoms with E-state index in [1.165, 1.54) is 154 Å². The molecule has 0 aliphatic rings. The van der Waals surface area contributed by atoms with Crippen molar-refractivity contribution in [1.82, 2.24) is 5.32 Å². The Labute approximate surface area is 341 Å². The number of unbranched alkanes of at least 4 members (excludes halogenated alkanes) is 27. The van der Waals surface area contributed by atoms with Gasteiger partial charge >= 0.3 is 0 Å². The van der Waals surface area contributed by atoms with Gasteiger partial charge in [0.2, 0.25) is 5.91 Å². The molecule has 55 heavy (non-hydrogen) atoms. The number of hydrogen-bond donors (Lipinski definition) is 2. The van der Waals surface area contributed by atoms with E-state index in [2.05, 4.69) is 31.3 Å². The number of carbonyl (C=O) groups is 1. The van der Waals surface area contributed by atoms with E-state index in [1.807, 2.05) is 27.2 Å². The lowest BCUT2D eigenvalue weighted by atomic mass is 10.0. The van der Waals surface area contributed by atoms with Gasteiger partial charge < -0.3 is 28.8 Å². The van der Waals surface area contributed by atoms with Crippen molar-refractivity contribution in [2.75, 3.05) is 40.9 Å². The fraction of sp³-hybridized carbons (Fsp3) is 0.891. The maximum atomic E-state index is 12.9. The first-order chi connectivity index (χ1) is 26.5. The van der Waals surface area contributed by atoms with Crippen LogP contribution in [0, 0.1) is 0 Å². The number of allylic oxidation sites excluding steroid dienone is 3. The topological polar surface area (TPSA) is 108 Å². The van der Waals surface area contributed by atoms with E-state index >= 15 is 0 Å². The minimum atomic E-state index is -4.59. The number of quaternary nitrogens is 1. The fourth-order valence-corrected chi connectivity index (χ4v) is 7.42. The normalized spacial score (nSPS) is 14.5. The van der Waals surface area contributed by atoms with Crippen LogP contribution in [0.15, 0.2) is 24.3 Å². The Balaban J connectivity index is 4.34. The molecule has 0 aromatic rings. The van der Waals surface area contributed by atoms with E-state index in [9.17, 15) is 19.4 Å². The summed E-state index contributed by atoms with van der Waals surface area (Å²) in [5, 5.41) is 13.7. The van der Waals surface area contributed by atoms with Crippen molar-refractivity contribution in [3.63, 3.8) is 0 Å². The molecule has 1 unspecified atom stereocenters. The van der Waals surface area contributed by atoms with E-state index < -0.39 is 20.0 Å². The molecule has 0 aromatic carbocycles. The van der Waals surface area contributed by atoms with Crippen LogP contribution in [-0.2, 0) is 18.4 Å². The second kappa shape index (κ2) is 38.5. The molecular weight excluding hydrogens is 707 g/mol. The third kappa shape index (κ3) is 41.0. The Kier molecular flexibility index (Phi) is 37.8. The Morgan fingerprint density at radius 2 is 1.02 bits per heavy atom. The molecule has 0 saturated carbocycles. The zero-order valence-corrected chi connectivity index (χ0v) is 37.8. The van der Waals surface area contributed by atoms with Crippen molar-refractivity contribution in [2.24, 2.45) is 0 Å². The summed E-state index contributed by atoms with van der Waals surface area (Å²) in [6.45, 7) is 4.63. The molecule has 9 heteroatoms. The third-order valence-corrected chi connectivity index (χ3v) is 11.4. The van der Waals surface area contributed by atoms with Gasteiger partial charge in [0.25, 0.3) is 7.82 Å². The van der Waals surface area contributed by atoms with E-state index in [0.29, 0.717) is 17.4 Å². The summed E-state index contributed by atoms with van der Waals surface area (Å²) in [5.41, 5.74) is 0. The predicted molar refractivity (Wildman–Crippen MR) is 233 cm³/mol. The van der Waals surface area contributed by atoms with Crippen LogP contribution in [0.25, 0.3) is 0 Å². The summed E-state index contributed by atoms with van der Waals surface area (Å²) in [6.07, 6.45) is 45.1. The SMILES string of the molecule is CCCCCCCCC/C=C/CC/C=C/[C@@H](O)[C@H](COP(=O)([O-])OCC[N+](C)(C)C)NC(=O)CCCCCCCCCCCCCCCCCCCCCC. The van der Waals surface area contributed by atoms with Crippen LogP contribution in [0.1, 0.15) is 213 Å². The number of aliphatic hydroxyl groups is 1. The molecule has 8 nitrogen and oxygen atoms in total. The van der Waals surface area contributed by atoms with Gasteiger partial charge in [-0.2, -0.15) is 0 Å². The Bertz CT molecular complexity index is 953. The molecular formula is C46H91N2O6P. The van der Waals surface area contributed by atoms with Crippen molar-refractivity contribution in [3.8, 4) is 0 Å². The first kappa shape index (κ1) is 54.0. The van der Waals surface area contributed by atoms with Crippen LogP contribution >= 0.6 is 7.82 Å². The van der Waals surface area contributed by atoms with E-state index in [0.717, 1.165) is 38.5 Å². The van der Waals surface area contributed by atoms with Gasteiger partial charge in [-0.15, -0.1) is 0 Å². The highest BCUT2D eigenvalue weighted by Gasteiger charge is 2.23. The highest BCUT2D eigenvalue weighted by atomic mass is 31.2. The molecule has 0 spiro atoms. The second-order valence-electron chi connectivity index (χ2n) is 17.1. The van der Waals surface area contributed by atoms with Crippen LogP contribution in [0.2, 0.25) is 0 Å². The van der Waals surface area contributed by atoms with Gasteiger partial charge in [0.05, 0.1) is 39.9 Å². The van der Waals surface area contributed by atoms with Crippen molar-refractivity contribution < 1.29 is 32.9 Å². The maximum Gasteiger partial charge on any atom is 0.268 e. The average Bonchev–Trinajstić information content (AvgIpc) is 3.13. The van der Waals surface area contributed by atoms with Gasteiger partial charge in [-0.1, -0.05) is 199 Å². The van der Waals surface area contributed by atoms with Crippen LogP contribution in [-0.4, -0.2) is 68.5 Å². The minimum absolute atomic E-state index is 0.00429. The standard InChI is InChI=1S/C46H91N2O6P/c1-6-8-10-12-14-16-18-20-21-22-23-24-25-26-28-30-32-34-36-38-40-46(50)47-44(43-54-55(51,52)53-42-41-48(3,4)5)45(49)39-37-35-33-31-29-27-19-17-15-13-11-9-7-2/h29,31,37,39,44-45,49H,6-28,30,32-36,38,40-43H2,1-5H3,(H-,47,50,51,52)/b31-29+,39-37+/t44-,45+/m0/s1. The summed E-state index contributed by atoms with van der Waals surface area (Å²) >= 11 is 0. The molecule has 2 N–H and O–H groups in total.